The number of aldehydes is 1. The maximum absolute atomic E-state index is 10.6. The Bertz CT molecular complexity index is 376. The monoisotopic (exact) mass is 243 g/mol. The highest BCUT2D eigenvalue weighted by Gasteiger charge is 2.16. The van der Waals surface area contributed by atoms with Gasteiger partial charge in [0.05, 0.1) is 4.92 Å². The summed E-state index contributed by atoms with van der Waals surface area (Å²) in [5.41, 5.74) is 0.713. The van der Waals surface area contributed by atoms with Crippen LogP contribution in [0.2, 0.25) is 0 Å². The fourth-order valence-corrected chi connectivity index (χ4v) is 1.39. The van der Waals surface area contributed by atoms with Gasteiger partial charge in [-0.25, -0.2) is 0 Å². The molecule has 0 aliphatic carbocycles. The minimum atomic E-state index is -0.575. The molecule has 0 spiro atoms. The molecule has 0 N–H and O–H groups in total. The number of nitro groups is 1. The highest BCUT2D eigenvalue weighted by molar-refractivity contribution is 9.10. The van der Waals surface area contributed by atoms with Crippen molar-refractivity contribution in [1.29, 1.82) is 0 Å². The Labute approximate surface area is 82.8 Å². The van der Waals surface area contributed by atoms with Gasteiger partial charge in [-0.1, -0.05) is 6.07 Å². The van der Waals surface area contributed by atoms with Crippen molar-refractivity contribution in [3.8, 4) is 0 Å². The second-order valence-electron chi connectivity index (χ2n) is 2.50. The van der Waals surface area contributed by atoms with Crippen molar-refractivity contribution < 1.29 is 9.72 Å². The van der Waals surface area contributed by atoms with Gasteiger partial charge in [0.2, 0.25) is 0 Å². The topological polar surface area (TPSA) is 60.2 Å². The summed E-state index contributed by atoms with van der Waals surface area (Å²) in [6.45, 7) is 1.76. The summed E-state index contributed by atoms with van der Waals surface area (Å²) in [5.74, 6) is 0. The van der Waals surface area contributed by atoms with E-state index in [2.05, 4.69) is 15.9 Å². The van der Waals surface area contributed by atoms with Crippen molar-refractivity contribution in [3.05, 3.63) is 37.8 Å². The molecule has 0 radical (unpaired) electrons. The molecule has 1 aromatic rings. The quantitative estimate of drug-likeness (QED) is 0.456. The third-order valence-electron chi connectivity index (χ3n) is 1.66. The number of aryl methyl sites for hydroxylation is 1. The summed E-state index contributed by atoms with van der Waals surface area (Å²) >= 11 is 3.12. The van der Waals surface area contributed by atoms with Crippen molar-refractivity contribution in [3.63, 3.8) is 0 Å². The lowest BCUT2D eigenvalue weighted by Crippen LogP contribution is -1.96. The Morgan fingerprint density at radius 3 is 2.62 bits per heavy atom. The summed E-state index contributed by atoms with van der Waals surface area (Å²) in [5, 5.41) is 10.5. The number of rotatable bonds is 2. The molecule has 68 valence electrons. The summed E-state index contributed by atoms with van der Waals surface area (Å²) in [7, 11) is 0. The van der Waals surface area contributed by atoms with E-state index in [9.17, 15) is 14.9 Å². The zero-order valence-electron chi connectivity index (χ0n) is 6.78. The van der Waals surface area contributed by atoms with Crippen LogP contribution in [-0.4, -0.2) is 11.2 Å². The van der Waals surface area contributed by atoms with Crippen molar-refractivity contribution in [2.45, 2.75) is 6.92 Å². The predicted molar refractivity (Wildman–Crippen MR) is 50.9 cm³/mol. The molecule has 0 unspecified atom stereocenters. The molecule has 0 saturated carbocycles. The molecule has 0 aliphatic rings. The molecule has 13 heavy (non-hydrogen) atoms. The van der Waals surface area contributed by atoms with Gasteiger partial charge < -0.3 is 0 Å². The third-order valence-corrected chi connectivity index (χ3v) is 2.72. The predicted octanol–water partition coefficient (Wildman–Crippen LogP) is 2.48. The normalized spacial score (nSPS) is 9.69. The Morgan fingerprint density at radius 2 is 2.15 bits per heavy atom. The first-order chi connectivity index (χ1) is 6.07. The number of hydrogen-bond donors (Lipinski definition) is 0. The molecule has 0 aromatic heterocycles. The lowest BCUT2D eigenvalue weighted by molar-refractivity contribution is -0.385. The van der Waals surface area contributed by atoms with E-state index >= 15 is 0 Å². The molecule has 0 amide bonds. The standard InChI is InChI=1S/C8H6BrNO3/c1-5-2-3-7(10(12)13)6(4-11)8(5)9/h2-4H,1H3. The van der Waals surface area contributed by atoms with Crippen molar-refractivity contribution in [2.75, 3.05) is 0 Å². The van der Waals surface area contributed by atoms with Crippen LogP contribution in [0.25, 0.3) is 0 Å². The average Bonchev–Trinajstić information content (AvgIpc) is 2.09. The SMILES string of the molecule is Cc1ccc([N+](=O)[O-])c(C=O)c1Br. The van der Waals surface area contributed by atoms with Crippen LogP contribution >= 0.6 is 15.9 Å². The molecule has 0 heterocycles. The van der Waals surface area contributed by atoms with Crippen LogP contribution in [0, 0.1) is 17.0 Å². The Morgan fingerprint density at radius 1 is 1.54 bits per heavy atom. The molecule has 5 heteroatoms. The summed E-state index contributed by atoms with van der Waals surface area (Å²) in [6.07, 6.45) is 0.481. The zero-order chi connectivity index (χ0) is 10.0. The molecule has 0 bridgehead atoms. The number of nitro benzene ring substituents is 1. The lowest BCUT2D eigenvalue weighted by Gasteiger charge is -2.01. The van der Waals surface area contributed by atoms with Crippen LogP contribution in [0.4, 0.5) is 5.69 Å². The van der Waals surface area contributed by atoms with E-state index in [1.54, 1.807) is 13.0 Å². The average molecular weight is 244 g/mol. The van der Waals surface area contributed by atoms with Crippen LogP contribution in [0.1, 0.15) is 15.9 Å². The van der Waals surface area contributed by atoms with E-state index in [4.69, 9.17) is 0 Å². The Balaban J connectivity index is 3.47. The summed E-state index contributed by atoms with van der Waals surface area (Å²) in [6, 6.07) is 2.92. The van der Waals surface area contributed by atoms with E-state index in [0.29, 0.717) is 10.8 Å². The smallest absolute Gasteiger partial charge is 0.281 e. The summed E-state index contributed by atoms with van der Waals surface area (Å²) in [4.78, 5) is 20.5. The molecule has 4 nitrogen and oxygen atoms in total. The molecule has 0 fully saturated rings. The maximum Gasteiger partial charge on any atom is 0.281 e. The minimum Gasteiger partial charge on any atom is -0.298 e. The van der Waals surface area contributed by atoms with Crippen LogP contribution in [-0.2, 0) is 0 Å². The van der Waals surface area contributed by atoms with E-state index in [1.807, 2.05) is 0 Å². The molecular weight excluding hydrogens is 238 g/mol. The molecule has 1 aromatic carbocycles. The van der Waals surface area contributed by atoms with Gasteiger partial charge in [-0.15, -0.1) is 0 Å². The Hall–Kier alpha value is -1.23. The van der Waals surface area contributed by atoms with Gasteiger partial charge >= 0.3 is 0 Å². The van der Waals surface area contributed by atoms with Gasteiger partial charge in [0.15, 0.2) is 6.29 Å². The highest BCUT2D eigenvalue weighted by atomic mass is 79.9. The van der Waals surface area contributed by atoms with Crippen LogP contribution in [0.5, 0.6) is 0 Å². The van der Waals surface area contributed by atoms with Gasteiger partial charge in [0.1, 0.15) is 5.56 Å². The van der Waals surface area contributed by atoms with Crippen molar-refractivity contribution in [2.24, 2.45) is 0 Å². The van der Waals surface area contributed by atoms with Gasteiger partial charge in [0, 0.05) is 10.5 Å². The fourth-order valence-electron chi connectivity index (χ4n) is 0.963. The van der Waals surface area contributed by atoms with Crippen molar-refractivity contribution in [1.82, 2.24) is 0 Å². The number of benzene rings is 1. The minimum absolute atomic E-state index is 0.0880. The second kappa shape index (κ2) is 3.66. The van der Waals surface area contributed by atoms with Gasteiger partial charge in [-0.2, -0.15) is 0 Å². The number of nitrogens with zero attached hydrogens (tertiary/aromatic N) is 1. The molecule has 0 saturated heterocycles. The Kier molecular flexibility index (Phi) is 2.77. The van der Waals surface area contributed by atoms with Gasteiger partial charge in [0.25, 0.3) is 5.69 Å². The maximum atomic E-state index is 10.6. The highest BCUT2D eigenvalue weighted by Crippen LogP contribution is 2.27. The van der Waals surface area contributed by atoms with E-state index in [0.717, 1.165) is 5.56 Å². The molecule has 0 atom stereocenters. The first-order valence-corrected chi connectivity index (χ1v) is 4.26. The third kappa shape index (κ3) is 1.75. The lowest BCUT2D eigenvalue weighted by atomic mass is 10.1. The van der Waals surface area contributed by atoms with Crippen LogP contribution in [0.3, 0.4) is 0 Å². The van der Waals surface area contributed by atoms with E-state index in [-0.39, 0.29) is 11.3 Å². The van der Waals surface area contributed by atoms with Crippen LogP contribution in [0.15, 0.2) is 16.6 Å². The molecular formula is C8H6BrNO3. The first-order valence-electron chi connectivity index (χ1n) is 3.46. The number of carbonyl (C=O) groups excluding carboxylic acids is 1. The fraction of sp³-hybridized carbons (Fsp3) is 0.125. The summed E-state index contributed by atoms with van der Waals surface area (Å²) < 4.78 is 0.483. The molecule has 1 rings (SSSR count). The van der Waals surface area contributed by atoms with Gasteiger partial charge in [-0.3, -0.25) is 14.9 Å². The first kappa shape index (κ1) is 9.85. The second-order valence-corrected chi connectivity index (χ2v) is 3.30. The largest absolute Gasteiger partial charge is 0.298 e. The zero-order valence-corrected chi connectivity index (χ0v) is 8.37. The number of hydrogen-bond acceptors (Lipinski definition) is 3. The van der Waals surface area contributed by atoms with E-state index < -0.39 is 4.92 Å². The van der Waals surface area contributed by atoms with Gasteiger partial charge in [-0.05, 0) is 28.4 Å². The van der Waals surface area contributed by atoms with Crippen LogP contribution < -0.4 is 0 Å². The number of carbonyl (C=O) groups is 1. The van der Waals surface area contributed by atoms with E-state index in [1.165, 1.54) is 6.07 Å². The number of halogens is 1. The molecule has 0 aliphatic heterocycles. The van der Waals surface area contributed by atoms with Crippen molar-refractivity contribution >= 4 is 27.9 Å².